The molecule has 8 heteroatoms. The summed E-state index contributed by atoms with van der Waals surface area (Å²) < 4.78 is 5.53. The molecular formula is C28H25Cl2N3O3. The van der Waals surface area contributed by atoms with Gasteiger partial charge in [0.2, 0.25) is 0 Å². The SMILES string of the molecule is CN(C)c1ccc(NC(=O)c2ccccc2Cl)cc1CN(Cc1ccco1)C(=O)c1ccccc1Cl. The van der Waals surface area contributed by atoms with E-state index in [2.05, 4.69) is 5.32 Å². The largest absolute Gasteiger partial charge is 0.467 e. The van der Waals surface area contributed by atoms with Crippen LogP contribution in [-0.2, 0) is 13.1 Å². The molecule has 6 nitrogen and oxygen atoms in total. The summed E-state index contributed by atoms with van der Waals surface area (Å²) in [5.41, 5.74) is 3.11. The standard InChI is InChI=1S/C28H25Cl2N3O3/c1-32(2)26-14-13-20(31-27(34)22-9-3-5-11-24(22)29)16-19(26)17-33(18-21-8-7-15-36-21)28(35)23-10-4-6-12-25(23)30/h3-16H,17-18H2,1-2H3,(H,31,34). The second-order valence-corrected chi connectivity index (χ2v) is 9.21. The van der Waals surface area contributed by atoms with Crippen molar-refractivity contribution in [3.63, 3.8) is 0 Å². The molecule has 0 fully saturated rings. The molecule has 0 saturated carbocycles. The van der Waals surface area contributed by atoms with E-state index in [1.807, 2.05) is 43.3 Å². The minimum atomic E-state index is -0.316. The molecule has 3 aromatic carbocycles. The molecule has 0 atom stereocenters. The molecule has 0 unspecified atom stereocenters. The number of nitrogens with zero attached hydrogens (tertiary/aromatic N) is 2. The third kappa shape index (κ3) is 5.90. The third-order valence-electron chi connectivity index (χ3n) is 5.62. The lowest BCUT2D eigenvalue weighted by Gasteiger charge is -2.26. The van der Waals surface area contributed by atoms with Gasteiger partial charge in [0.25, 0.3) is 11.8 Å². The van der Waals surface area contributed by atoms with Gasteiger partial charge in [0.1, 0.15) is 5.76 Å². The van der Waals surface area contributed by atoms with Gasteiger partial charge in [0.05, 0.1) is 34.0 Å². The quantitative estimate of drug-likeness (QED) is 0.278. The first kappa shape index (κ1) is 25.4. The van der Waals surface area contributed by atoms with E-state index in [0.29, 0.717) is 32.6 Å². The van der Waals surface area contributed by atoms with Gasteiger partial charge in [-0.15, -0.1) is 0 Å². The summed E-state index contributed by atoms with van der Waals surface area (Å²) in [6.45, 7) is 0.508. The van der Waals surface area contributed by atoms with Gasteiger partial charge < -0.3 is 19.5 Å². The minimum Gasteiger partial charge on any atom is -0.467 e. The first-order valence-electron chi connectivity index (χ1n) is 11.3. The Labute approximate surface area is 220 Å². The highest BCUT2D eigenvalue weighted by Gasteiger charge is 2.22. The maximum atomic E-state index is 13.6. The fourth-order valence-electron chi connectivity index (χ4n) is 3.87. The van der Waals surface area contributed by atoms with Crippen LogP contribution in [0.2, 0.25) is 10.0 Å². The van der Waals surface area contributed by atoms with E-state index in [9.17, 15) is 9.59 Å². The highest BCUT2D eigenvalue weighted by Crippen LogP contribution is 2.28. The Morgan fingerprint density at radius 2 is 1.50 bits per heavy atom. The lowest BCUT2D eigenvalue weighted by molar-refractivity contribution is 0.0718. The highest BCUT2D eigenvalue weighted by molar-refractivity contribution is 6.34. The summed E-state index contributed by atoms with van der Waals surface area (Å²) in [7, 11) is 3.85. The predicted molar refractivity (Wildman–Crippen MR) is 144 cm³/mol. The fourth-order valence-corrected chi connectivity index (χ4v) is 4.31. The van der Waals surface area contributed by atoms with Crippen molar-refractivity contribution in [2.45, 2.75) is 13.1 Å². The van der Waals surface area contributed by atoms with Crippen LogP contribution in [0, 0.1) is 0 Å². The van der Waals surface area contributed by atoms with Crippen LogP contribution in [0.25, 0.3) is 0 Å². The second-order valence-electron chi connectivity index (χ2n) is 8.39. The first-order chi connectivity index (χ1) is 17.3. The number of hydrogen-bond acceptors (Lipinski definition) is 4. The molecule has 0 spiro atoms. The maximum Gasteiger partial charge on any atom is 0.257 e. The normalized spacial score (nSPS) is 10.7. The van der Waals surface area contributed by atoms with Crippen molar-refractivity contribution in [2.75, 3.05) is 24.3 Å². The summed E-state index contributed by atoms with van der Waals surface area (Å²) in [5, 5.41) is 3.66. The fraction of sp³-hybridized carbons (Fsp3) is 0.143. The van der Waals surface area contributed by atoms with E-state index >= 15 is 0 Å². The summed E-state index contributed by atoms with van der Waals surface area (Å²) >= 11 is 12.5. The lowest BCUT2D eigenvalue weighted by atomic mass is 10.1. The summed E-state index contributed by atoms with van der Waals surface area (Å²) in [6.07, 6.45) is 1.57. The van der Waals surface area contributed by atoms with Gasteiger partial charge in [-0.05, 0) is 60.2 Å². The Bertz CT molecular complexity index is 1370. The van der Waals surface area contributed by atoms with Crippen LogP contribution >= 0.6 is 23.2 Å². The molecule has 2 amide bonds. The van der Waals surface area contributed by atoms with Crippen molar-refractivity contribution in [3.8, 4) is 0 Å². The number of furan rings is 1. The van der Waals surface area contributed by atoms with E-state index in [4.69, 9.17) is 27.6 Å². The van der Waals surface area contributed by atoms with Gasteiger partial charge in [-0.25, -0.2) is 0 Å². The molecule has 0 saturated heterocycles. The Morgan fingerprint density at radius 1 is 0.833 bits per heavy atom. The molecule has 4 aromatic rings. The zero-order valence-electron chi connectivity index (χ0n) is 19.9. The summed E-state index contributed by atoms with van der Waals surface area (Å²) in [4.78, 5) is 30.0. The zero-order valence-corrected chi connectivity index (χ0v) is 21.4. The lowest BCUT2D eigenvalue weighted by Crippen LogP contribution is -2.31. The number of benzene rings is 3. The van der Waals surface area contributed by atoms with Gasteiger partial charge in [-0.1, -0.05) is 47.5 Å². The Kier molecular flexibility index (Phi) is 7.98. The van der Waals surface area contributed by atoms with Crippen LogP contribution in [-0.4, -0.2) is 30.8 Å². The van der Waals surface area contributed by atoms with Gasteiger partial charge in [0.15, 0.2) is 0 Å². The average Bonchev–Trinajstić information content (AvgIpc) is 3.37. The molecule has 0 bridgehead atoms. The Balaban J connectivity index is 1.67. The van der Waals surface area contributed by atoms with Crippen molar-refractivity contribution in [3.05, 3.63) is 118 Å². The van der Waals surface area contributed by atoms with Crippen LogP contribution in [0.4, 0.5) is 11.4 Å². The van der Waals surface area contributed by atoms with Crippen molar-refractivity contribution in [1.29, 1.82) is 0 Å². The summed E-state index contributed by atoms with van der Waals surface area (Å²) in [6, 6.07) is 23.0. The smallest absolute Gasteiger partial charge is 0.257 e. The van der Waals surface area contributed by atoms with Crippen molar-refractivity contribution >= 4 is 46.4 Å². The number of halogens is 2. The van der Waals surface area contributed by atoms with Gasteiger partial charge in [-0.2, -0.15) is 0 Å². The van der Waals surface area contributed by atoms with Crippen LogP contribution in [0.1, 0.15) is 32.0 Å². The molecule has 1 N–H and O–H groups in total. The molecule has 36 heavy (non-hydrogen) atoms. The van der Waals surface area contributed by atoms with Crippen LogP contribution in [0.5, 0.6) is 0 Å². The number of amides is 2. The number of anilines is 2. The number of nitrogens with one attached hydrogen (secondary N) is 1. The zero-order chi connectivity index (χ0) is 25.7. The van der Waals surface area contributed by atoms with Crippen molar-refractivity contribution in [1.82, 2.24) is 4.90 Å². The minimum absolute atomic E-state index is 0.229. The molecule has 0 aliphatic carbocycles. The van der Waals surface area contributed by atoms with Crippen LogP contribution in [0.15, 0.2) is 89.5 Å². The molecular weight excluding hydrogens is 497 g/mol. The molecule has 0 aliphatic heterocycles. The van der Waals surface area contributed by atoms with Gasteiger partial charge in [-0.3, -0.25) is 9.59 Å². The van der Waals surface area contributed by atoms with Crippen LogP contribution < -0.4 is 10.2 Å². The Hall–Kier alpha value is -3.74. The highest BCUT2D eigenvalue weighted by atomic mass is 35.5. The molecule has 1 aromatic heterocycles. The molecule has 184 valence electrons. The molecule has 1 heterocycles. The van der Waals surface area contributed by atoms with Crippen molar-refractivity contribution < 1.29 is 14.0 Å². The molecule has 0 aliphatic rings. The van der Waals surface area contributed by atoms with E-state index in [0.717, 1.165) is 11.3 Å². The van der Waals surface area contributed by atoms with E-state index in [1.54, 1.807) is 65.8 Å². The second kappa shape index (κ2) is 11.3. The van der Waals surface area contributed by atoms with Crippen molar-refractivity contribution in [2.24, 2.45) is 0 Å². The maximum absolute atomic E-state index is 13.6. The number of hydrogen-bond donors (Lipinski definition) is 1. The topological polar surface area (TPSA) is 65.8 Å². The predicted octanol–water partition coefficient (Wildman–Crippen LogP) is 6.75. The monoisotopic (exact) mass is 521 g/mol. The van der Waals surface area contributed by atoms with E-state index in [1.165, 1.54) is 0 Å². The van der Waals surface area contributed by atoms with Gasteiger partial charge >= 0.3 is 0 Å². The van der Waals surface area contributed by atoms with Crippen LogP contribution in [0.3, 0.4) is 0 Å². The van der Waals surface area contributed by atoms with Gasteiger partial charge in [0, 0.05) is 32.0 Å². The molecule has 4 rings (SSSR count). The summed E-state index contributed by atoms with van der Waals surface area (Å²) in [5.74, 6) is 0.0981. The first-order valence-corrected chi connectivity index (χ1v) is 12.0. The number of rotatable bonds is 8. The Morgan fingerprint density at radius 3 is 2.11 bits per heavy atom. The molecule has 0 radical (unpaired) electrons. The number of carbonyl (C=O) groups is 2. The van der Waals surface area contributed by atoms with E-state index < -0.39 is 0 Å². The third-order valence-corrected chi connectivity index (χ3v) is 6.28. The van der Waals surface area contributed by atoms with E-state index in [-0.39, 0.29) is 24.9 Å². The average molecular weight is 522 g/mol. The number of carbonyl (C=O) groups excluding carboxylic acids is 2.